The number of rotatable bonds is 5. The molecule has 176 valence electrons. The van der Waals surface area contributed by atoms with Gasteiger partial charge in [0.15, 0.2) is 5.65 Å². The van der Waals surface area contributed by atoms with Crippen LogP contribution in [0, 0.1) is 5.92 Å². The highest BCUT2D eigenvalue weighted by atomic mass is 35.5. The SMILES string of the molecule is CN(C)CC1CC(n2nc(-c3cc4nc(-c5ccccn5)ccc4cc3Cl)c3c(N)ncnc32)C1. The van der Waals surface area contributed by atoms with Gasteiger partial charge < -0.3 is 10.6 Å². The summed E-state index contributed by atoms with van der Waals surface area (Å²) in [4.78, 5) is 20.3. The van der Waals surface area contributed by atoms with Crippen LogP contribution in [0.5, 0.6) is 0 Å². The zero-order valence-electron chi connectivity index (χ0n) is 19.6. The lowest BCUT2D eigenvalue weighted by Gasteiger charge is -2.37. The lowest BCUT2D eigenvalue weighted by atomic mass is 9.80. The minimum Gasteiger partial charge on any atom is -0.383 e. The number of hydrogen-bond donors (Lipinski definition) is 1. The molecule has 1 aliphatic carbocycles. The Hall–Kier alpha value is -3.62. The lowest BCUT2D eigenvalue weighted by Crippen LogP contribution is -2.34. The molecule has 0 unspecified atom stereocenters. The molecule has 4 aromatic heterocycles. The third kappa shape index (κ3) is 3.88. The molecule has 0 radical (unpaired) electrons. The van der Waals surface area contributed by atoms with Crippen molar-refractivity contribution in [3.8, 4) is 22.6 Å². The van der Waals surface area contributed by atoms with Crippen molar-refractivity contribution in [1.82, 2.24) is 34.6 Å². The number of benzene rings is 1. The highest BCUT2D eigenvalue weighted by molar-refractivity contribution is 6.34. The summed E-state index contributed by atoms with van der Waals surface area (Å²) in [6, 6.07) is 13.9. The van der Waals surface area contributed by atoms with Gasteiger partial charge in [-0.1, -0.05) is 23.7 Å². The quantitative estimate of drug-likeness (QED) is 0.380. The van der Waals surface area contributed by atoms with E-state index in [0.717, 1.165) is 58.3 Å². The first kappa shape index (κ1) is 21.9. The van der Waals surface area contributed by atoms with E-state index in [9.17, 15) is 0 Å². The van der Waals surface area contributed by atoms with E-state index in [-0.39, 0.29) is 6.04 Å². The van der Waals surface area contributed by atoms with Crippen LogP contribution < -0.4 is 5.73 Å². The van der Waals surface area contributed by atoms with Crippen LogP contribution in [0.1, 0.15) is 18.9 Å². The first-order chi connectivity index (χ1) is 17.0. The van der Waals surface area contributed by atoms with E-state index >= 15 is 0 Å². The molecule has 1 fully saturated rings. The Morgan fingerprint density at radius 3 is 2.69 bits per heavy atom. The molecule has 0 bridgehead atoms. The van der Waals surface area contributed by atoms with Crippen molar-refractivity contribution in [2.45, 2.75) is 18.9 Å². The predicted molar refractivity (Wildman–Crippen MR) is 139 cm³/mol. The van der Waals surface area contributed by atoms with Crippen molar-refractivity contribution in [2.75, 3.05) is 26.4 Å². The number of hydrogen-bond acceptors (Lipinski definition) is 7. The predicted octanol–water partition coefficient (Wildman–Crippen LogP) is 4.85. The largest absolute Gasteiger partial charge is 0.383 e. The van der Waals surface area contributed by atoms with Crippen LogP contribution >= 0.6 is 11.6 Å². The molecule has 35 heavy (non-hydrogen) atoms. The minimum atomic E-state index is 0.276. The molecule has 9 heteroatoms. The van der Waals surface area contributed by atoms with Crippen molar-refractivity contribution < 1.29 is 0 Å². The van der Waals surface area contributed by atoms with E-state index in [1.54, 1.807) is 6.20 Å². The summed E-state index contributed by atoms with van der Waals surface area (Å²) < 4.78 is 2.01. The number of nitrogens with two attached hydrogens (primary N) is 1. The molecule has 0 atom stereocenters. The van der Waals surface area contributed by atoms with Crippen LogP contribution in [-0.2, 0) is 0 Å². The van der Waals surface area contributed by atoms with Gasteiger partial charge in [0.2, 0.25) is 0 Å². The number of aromatic nitrogens is 6. The Labute approximate surface area is 207 Å². The van der Waals surface area contributed by atoms with Gasteiger partial charge in [-0.3, -0.25) is 4.98 Å². The van der Waals surface area contributed by atoms with Crippen LogP contribution in [0.4, 0.5) is 5.82 Å². The van der Waals surface area contributed by atoms with E-state index in [2.05, 4.69) is 33.9 Å². The van der Waals surface area contributed by atoms with E-state index in [1.165, 1.54) is 6.33 Å². The van der Waals surface area contributed by atoms with Gasteiger partial charge >= 0.3 is 0 Å². The van der Waals surface area contributed by atoms with Gasteiger partial charge in [-0.25, -0.2) is 19.6 Å². The fraction of sp³-hybridized carbons (Fsp3) is 0.269. The average molecular weight is 485 g/mol. The molecular weight excluding hydrogens is 460 g/mol. The monoisotopic (exact) mass is 484 g/mol. The topological polar surface area (TPSA) is 98.6 Å². The molecule has 2 N–H and O–H groups in total. The second kappa shape index (κ2) is 8.55. The number of halogens is 1. The molecule has 1 saturated carbocycles. The molecule has 4 heterocycles. The van der Waals surface area contributed by atoms with Gasteiger partial charge in [-0.15, -0.1) is 0 Å². The summed E-state index contributed by atoms with van der Waals surface area (Å²) in [5.41, 5.74) is 11.0. The number of pyridine rings is 2. The first-order valence-electron chi connectivity index (χ1n) is 11.6. The van der Waals surface area contributed by atoms with E-state index in [1.807, 2.05) is 47.1 Å². The van der Waals surface area contributed by atoms with Gasteiger partial charge in [0, 0.05) is 23.7 Å². The van der Waals surface area contributed by atoms with Crippen molar-refractivity contribution in [3.63, 3.8) is 0 Å². The lowest BCUT2D eigenvalue weighted by molar-refractivity contribution is 0.149. The molecule has 6 rings (SSSR count). The van der Waals surface area contributed by atoms with Gasteiger partial charge in [0.05, 0.1) is 33.4 Å². The van der Waals surface area contributed by atoms with Gasteiger partial charge in [0.1, 0.15) is 17.8 Å². The first-order valence-corrected chi connectivity index (χ1v) is 12.0. The van der Waals surface area contributed by atoms with E-state index < -0.39 is 0 Å². The molecule has 1 aromatic carbocycles. The van der Waals surface area contributed by atoms with Gasteiger partial charge in [-0.2, -0.15) is 5.10 Å². The molecular formula is C26H25ClN8. The second-order valence-electron chi connectivity index (χ2n) is 9.44. The fourth-order valence-electron chi connectivity index (χ4n) is 4.99. The highest BCUT2D eigenvalue weighted by Crippen LogP contribution is 2.43. The Morgan fingerprint density at radius 1 is 1.06 bits per heavy atom. The number of nitrogens with zero attached hydrogens (tertiary/aromatic N) is 7. The summed E-state index contributed by atoms with van der Waals surface area (Å²) in [6.45, 7) is 1.07. The zero-order valence-corrected chi connectivity index (χ0v) is 20.3. The Bertz CT molecular complexity index is 1540. The van der Waals surface area contributed by atoms with E-state index in [4.69, 9.17) is 27.4 Å². The Morgan fingerprint density at radius 2 is 1.91 bits per heavy atom. The van der Waals surface area contributed by atoms with Gasteiger partial charge in [0.25, 0.3) is 0 Å². The molecule has 0 spiro atoms. The van der Waals surface area contributed by atoms with Crippen molar-refractivity contribution in [2.24, 2.45) is 5.92 Å². The molecule has 8 nitrogen and oxygen atoms in total. The maximum atomic E-state index is 6.79. The highest BCUT2D eigenvalue weighted by Gasteiger charge is 2.34. The fourth-order valence-corrected chi connectivity index (χ4v) is 5.25. The van der Waals surface area contributed by atoms with Crippen molar-refractivity contribution in [1.29, 1.82) is 0 Å². The van der Waals surface area contributed by atoms with Gasteiger partial charge in [-0.05, 0) is 63.2 Å². The number of fused-ring (bicyclic) bond motifs is 2. The van der Waals surface area contributed by atoms with Crippen molar-refractivity contribution in [3.05, 3.63) is 60.0 Å². The number of nitrogen functional groups attached to an aromatic ring is 1. The molecule has 0 saturated heterocycles. The summed E-state index contributed by atoms with van der Waals surface area (Å²) >= 11 is 6.79. The third-order valence-corrected chi connectivity index (χ3v) is 6.97. The van der Waals surface area contributed by atoms with Crippen molar-refractivity contribution >= 4 is 39.4 Å². The summed E-state index contributed by atoms with van der Waals surface area (Å²) in [6.07, 6.45) is 5.37. The normalized spacial score (nSPS) is 17.8. The molecule has 0 amide bonds. The molecule has 5 aromatic rings. The van der Waals surface area contributed by atoms with Crippen LogP contribution in [0.2, 0.25) is 5.02 Å². The zero-order chi connectivity index (χ0) is 24.1. The standard InChI is InChI=1S/C26H25ClN8/c1-34(2)13-15-9-17(10-15)35-26-23(25(28)30-14-31-26)24(33-35)18-12-22-16(11-19(18)27)6-7-21(32-22)20-5-3-4-8-29-20/h3-8,11-12,14-15,17H,9-10,13H2,1-2H3,(H2,28,30,31). The maximum Gasteiger partial charge on any atom is 0.164 e. The van der Waals surface area contributed by atoms with Crippen LogP contribution in [0.25, 0.3) is 44.6 Å². The van der Waals surface area contributed by atoms with Crippen LogP contribution in [-0.4, -0.2) is 55.3 Å². The Kier molecular flexibility index (Phi) is 5.35. The molecule has 1 aliphatic rings. The molecule has 0 aliphatic heterocycles. The summed E-state index contributed by atoms with van der Waals surface area (Å²) in [5, 5.41) is 7.25. The number of anilines is 1. The average Bonchev–Trinajstić information content (AvgIpc) is 3.21. The second-order valence-corrected chi connectivity index (χ2v) is 9.85. The minimum absolute atomic E-state index is 0.276. The van der Waals surface area contributed by atoms with Crippen LogP contribution in [0.15, 0.2) is 55.0 Å². The van der Waals surface area contributed by atoms with Crippen LogP contribution in [0.3, 0.4) is 0 Å². The van der Waals surface area contributed by atoms with E-state index in [0.29, 0.717) is 22.5 Å². The smallest absolute Gasteiger partial charge is 0.164 e. The third-order valence-electron chi connectivity index (χ3n) is 6.66. The summed E-state index contributed by atoms with van der Waals surface area (Å²) in [7, 11) is 4.22. The summed E-state index contributed by atoms with van der Waals surface area (Å²) in [5.74, 6) is 1.04. The maximum absolute atomic E-state index is 6.79. The Balaban J connectivity index is 1.46.